The van der Waals surface area contributed by atoms with Crippen molar-refractivity contribution in [1.82, 2.24) is 29.5 Å². The number of carbonyl (C=O) groups excluding carboxylic acids is 1. The molecule has 1 N–H and O–H groups in total. The quantitative estimate of drug-likeness (QED) is 0.690. The highest BCUT2D eigenvalue weighted by Gasteiger charge is 2.36. The summed E-state index contributed by atoms with van der Waals surface area (Å²) in [6.07, 6.45) is 1.18. The van der Waals surface area contributed by atoms with Crippen molar-refractivity contribution in [2.75, 3.05) is 25.0 Å². The number of carbonyl (C=O) groups is 1. The third kappa shape index (κ3) is 3.13. The summed E-state index contributed by atoms with van der Waals surface area (Å²) in [5.41, 5.74) is 0.590. The molecule has 1 amide bonds. The van der Waals surface area contributed by atoms with Gasteiger partial charge in [0.2, 0.25) is 5.65 Å². The van der Waals surface area contributed by atoms with E-state index in [4.69, 9.17) is 16.3 Å². The number of nitrogens with zero attached hydrogens (tertiary/aromatic N) is 6. The smallest absolute Gasteiger partial charge is 0.410 e. The Morgan fingerprint density at radius 2 is 2.11 bits per heavy atom. The molecule has 0 unspecified atom stereocenters. The lowest BCUT2D eigenvalue weighted by molar-refractivity contribution is 0.0197. The van der Waals surface area contributed by atoms with Crippen LogP contribution in [0.25, 0.3) is 16.8 Å². The normalized spacial score (nSPS) is 15.1. The van der Waals surface area contributed by atoms with Gasteiger partial charge in [-0.3, -0.25) is 9.20 Å². The number of aromatic amines is 1. The maximum atomic E-state index is 12.2. The summed E-state index contributed by atoms with van der Waals surface area (Å²) in [6.45, 7) is 6.63. The Hall–Kier alpha value is -2.88. The summed E-state index contributed by atoms with van der Waals surface area (Å²) in [5.74, 6) is 0.580. The van der Waals surface area contributed by atoms with Crippen molar-refractivity contribution in [3.8, 4) is 0 Å². The Morgan fingerprint density at radius 1 is 1.39 bits per heavy atom. The molecule has 11 heteroatoms. The summed E-state index contributed by atoms with van der Waals surface area (Å²) in [6, 6.07) is 1.53. The van der Waals surface area contributed by atoms with Gasteiger partial charge in [-0.05, 0) is 26.8 Å². The molecule has 1 fully saturated rings. The van der Waals surface area contributed by atoms with E-state index in [1.54, 1.807) is 22.7 Å². The number of hydrogen-bond donors (Lipinski definition) is 1. The van der Waals surface area contributed by atoms with Gasteiger partial charge in [-0.1, -0.05) is 11.6 Å². The standard InChI is InChI=1S/C17H20ClN7O3/c1-17(2,3)28-16(27)23(4)9-6-24(7-9)13-14-22-19-8-25(14)11-5-10(18)15(26)21-12(11)20-13/h5,8-9H,6-7H2,1-4H3,(H,21,26). The Bertz CT molecular complexity index is 1130. The Morgan fingerprint density at radius 3 is 2.79 bits per heavy atom. The number of amides is 1. The van der Waals surface area contributed by atoms with Crippen LogP contribution in [0.1, 0.15) is 20.8 Å². The zero-order valence-electron chi connectivity index (χ0n) is 15.9. The van der Waals surface area contributed by atoms with E-state index in [0.717, 1.165) is 0 Å². The van der Waals surface area contributed by atoms with E-state index in [1.165, 1.54) is 6.07 Å². The number of halogens is 1. The Kier molecular flexibility index (Phi) is 4.18. The van der Waals surface area contributed by atoms with Crippen LogP contribution in [0.5, 0.6) is 0 Å². The first-order valence-electron chi connectivity index (χ1n) is 8.77. The minimum atomic E-state index is -0.546. The first-order valence-corrected chi connectivity index (χ1v) is 9.15. The van der Waals surface area contributed by atoms with Crippen molar-refractivity contribution >= 4 is 40.3 Å². The minimum Gasteiger partial charge on any atom is -0.444 e. The van der Waals surface area contributed by atoms with E-state index in [9.17, 15) is 9.59 Å². The van der Waals surface area contributed by atoms with Gasteiger partial charge in [0.1, 0.15) is 17.0 Å². The molecular formula is C17H20ClN7O3. The lowest BCUT2D eigenvalue weighted by Crippen LogP contribution is -2.60. The van der Waals surface area contributed by atoms with E-state index in [1.807, 2.05) is 25.7 Å². The molecule has 0 aromatic carbocycles. The molecule has 10 nitrogen and oxygen atoms in total. The predicted molar refractivity (Wildman–Crippen MR) is 104 cm³/mol. The second-order valence-electron chi connectivity index (χ2n) is 7.79. The zero-order chi connectivity index (χ0) is 20.2. The Balaban J connectivity index is 1.61. The van der Waals surface area contributed by atoms with Gasteiger partial charge >= 0.3 is 6.09 Å². The van der Waals surface area contributed by atoms with Gasteiger partial charge in [0, 0.05) is 20.1 Å². The van der Waals surface area contributed by atoms with Crippen LogP contribution in [0.2, 0.25) is 5.02 Å². The highest BCUT2D eigenvalue weighted by Crippen LogP contribution is 2.28. The summed E-state index contributed by atoms with van der Waals surface area (Å²) in [5, 5.41) is 8.17. The van der Waals surface area contributed by atoms with Gasteiger partial charge in [-0.25, -0.2) is 9.78 Å². The number of rotatable bonds is 2. The van der Waals surface area contributed by atoms with E-state index in [-0.39, 0.29) is 17.2 Å². The number of fused-ring (bicyclic) bond motifs is 3. The van der Waals surface area contributed by atoms with Crippen LogP contribution in [0.15, 0.2) is 17.2 Å². The molecule has 4 heterocycles. The third-order valence-corrected chi connectivity index (χ3v) is 4.85. The van der Waals surface area contributed by atoms with E-state index < -0.39 is 11.2 Å². The second kappa shape index (κ2) is 6.33. The number of ether oxygens (including phenoxy) is 1. The SMILES string of the molecule is CN(C(=O)OC(C)(C)C)C1CN(c2nc3[nH]c(=O)c(Cl)cc3n3cnnc23)C1. The summed E-state index contributed by atoms with van der Waals surface area (Å²) in [7, 11) is 1.72. The molecule has 28 heavy (non-hydrogen) atoms. The number of aromatic nitrogens is 5. The fraction of sp³-hybridized carbons (Fsp3) is 0.471. The van der Waals surface area contributed by atoms with Crippen LogP contribution < -0.4 is 10.5 Å². The van der Waals surface area contributed by atoms with Crippen molar-refractivity contribution in [2.24, 2.45) is 0 Å². The first-order chi connectivity index (χ1) is 13.1. The molecule has 3 aromatic rings. The van der Waals surface area contributed by atoms with Crippen molar-refractivity contribution in [2.45, 2.75) is 32.4 Å². The molecule has 1 saturated heterocycles. The topological polar surface area (TPSA) is 109 Å². The molecule has 4 rings (SSSR count). The molecular weight excluding hydrogens is 386 g/mol. The summed E-state index contributed by atoms with van der Waals surface area (Å²) < 4.78 is 7.14. The van der Waals surface area contributed by atoms with Gasteiger partial charge < -0.3 is 19.5 Å². The fourth-order valence-corrected chi connectivity index (χ4v) is 3.19. The van der Waals surface area contributed by atoms with Gasteiger partial charge in [-0.2, -0.15) is 0 Å². The second-order valence-corrected chi connectivity index (χ2v) is 8.20. The van der Waals surface area contributed by atoms with E-state index in [0.29, 0.717) is 35.7 Å². The lowest BCUT2D eigenvalue weighted by Gasteiger charge is -2.44. The molecule has 1 aliphatic heterocycles. The van der Waals surface area contributed by atoms with Crippen molar-refractivity contribution in [3.63, 3.8) is 0 Å². The maximum absolute atomic E-state index is 12.2. The molecule has 0 bridgehead atoms. The zero-order valence-corrected chi connectivity index (χ0v) is 16.7. The monoisotopic (exact) mass is 405 g/mol. The largest absolute Gasteiger partial charge is 0.444 e. The van der Waals surface area contributed by atoms with E-state index >= 15 is 0 Å². The van der Waals surface area contributed by atoms with Crippen LogP contribution in [0, 0.1) is 0 Å². The van der Waals surface area contributed by atoms with Gasteiger partial charge in [0.05, 0.1) is 11.6 Å². The molecule has 1 aliphatic rings. The molecule has 0 saturated carbocycles. The van der Waals surface area contributed by atoms with Crippen molar-refractivity contribution in [1.29, 1.82) is 0 Å². The van der Waals surface area contributed by atoms with Crippen molar-refractivity contribution in [3.05, 3.63) is 27.8 Å². The first kappa shape index (κ1) is 18.5. The van der Waals surface area contributed by atoms with Gasteiger partial charge in [-0.15, -0.1) is 10.2 Å². The minimum absolute atomic E-state index is 0.0143. The lowest BCUT2D eigenvalue weighted by atomic mass is 10.1. The van der Waals surface area contributed by atoms with Gasteiger partial charge in [0.15, 0.2) is 11.5 Å². The van der Waals surface area contributed by atoms with Crippen LogP contribution in [-0.2, 0) is 4.74 Å². The Labute approximate surface area is 165 Å². The molecule has 148 valence electrons. The molecule has 3 aromatic heterocycles. The fourth-order valence-electron chi connectivity index (χ4n) is 3.04. The number of pyridine rings is 1. The van der Waals surface area contributed by atoms with Crippen LogP contribution in [0.4, 0.5) is 10.6 Å². The number of likely N-dealkylation sites (N-methyl/N-ethyl adjacent to an activating group) is 1. The number of hydrogen-bond acceptors (Lipinski definition) is 7. The summed E-state index contributed by atoms with van der Waals surface area (Å²) in [4.78, 5) is 34.9. The van der Waals surface area contributed by atoms with Crippen LogP contribution >= 0.6 is 11.6 Å². The average Bonchev–Trinajstić information content (AvgIpc) is 3.03. The van der Waals surface area contributed by atoms with Gasteiger partial charge in [0.25, 0.3) is 5.56 Å². The highest BCUT2D eigenvalue weighted by molar-refractivity contribution is 6.30. The third-order valence-electron chi connectivity index (χ3n) is 4.57. The summed E-state index contributed by atoms with van der Waals surface area (Å²) >= 11 is 5.94. The molecule has 0 radical (unpaired) electrons. The van der Waals surface area contributed by atoms with Crippen LogP contribution in [-0.4, -0.2) is 67.3 Å². The average molecular weight is 406 g/mol. The number of anilines is 1. The number of H-pyrrole nitrogens is 1. The predicted octanol–water partition coefficient (Wildman–Crippen LogP) is 1.67. The maximum Gasteiger partial charge on any atom is 0.410 e. The highest BCUT2D eigenvalue weighted by atomic mass is 35.5. The molecule has 0 aliphatic carbocycles. The van der Waals surface area contributed by atoms with E-state index in [2.05, 4.69) is 20.2 Å². The van der Waals surface area contributed by atoms with Crippen molar-refractivity contribution < 1.29 is 9.53 Å². The van der Waals surface area contributed by atoms with Crippen LogP contribution in [0.3, 0.4) is 0 Å². The number of nitrogens with one attached hydrogen (secondary N) is 1. The molecule has 0 atom stereocenters. The molecule has 0 spiro atoms.